The zero-order valence-corrected chi connectivity index (χ0v) is 15.4. The molecule has 5 rings (SSSR count). The van der Waals surface area contributed by atoms with Gasteiger partial charge in [-0.3, -0.25) is 4.79 Å². The van der Waals surface area contributed by atoms with Crippen molar-refractivity contribution in [1.29, 1.82) is 0 Å². The van der Waals surface area contributed by atoms with Gasteiger partial charge < -0.3 is 15.1 Å². The van der Waals surface area contributed by atoms with Crippen LogP contribution in [-0.2, 0) is 4.79 Å². The smallest absolute Gasteiger partial charge is 0.152 e. The van der Waals surface area contributed by atoms with Gasteiger partial charge in [-0.1, -0.05) is 0 Å². The first-order valence-corrected chi connectivity index (χ1v) is 9.53. The summed E-state index contributed by atoms with van der Waals surface area (Å²) in [6.07, 6.45) is 5.33. The average Bonchev–Trinajstić information content (AvgIpc) is 3.25. The van der Waals surface area contributed by atoms with E-state index in [9.17, 15) is 4.79 Å². The number of benzene rings is 1. The molecule has 3 aliphatic rings. The Bertz CT molecular complexity index is 896. The molecule has 2 fully saturated rings. The minimum atomic E-state index is -0.0854. The van der Waals surface area contributed by atoms with Crippen molar-refractivity contribution in [2.75, 3.05) is 23.4 Å². The van der Waals surface area contributed by atoms with Gasteiger partial charge >= 0.3 is 0 Å². The molecule has 2 N–H and O–H groups in total. The number of nitrogens with zero attached hydrogens (tertiary/aromatic N) is 3. The van der Waals surface area contributed by atoms with Gasteiger partial charge in [0.25, 0.3) is 0 Å². The third kappa shape index (κ3) is 3.23. The first-order valence-electron chi connectivity index (χ1n) is 9.53. The Morgan fingerprint density at radius 1 is 1.26 bits per heavy atom. The highest BCUT2D eigenvalue weighted by atomic mass is 16.5. The number of carbonyl (C=O) groups is 1. The molecule has 0 bridgehead atoms. The Kier molecular flexibility index (Phi) is 3.79. The number of hydrazine groups is 1. The minimum absolute atomic E-state index is 0.00786. The fourth-order valence-corrected chi connectivity index (χ4v) is 3.71. The number of piperidine rings is 1. The molecule has 1 unspecified atom stereocenters. The second-order valence-electron chi connectivity index (χ2n) is 7.87. The van der Waals surface area contributed by atoms with Crippen LogP contribution in [0.1, 0.15) is 49.9 Å². The maximum atomic E-state index is 11.8. The number of rotatable bonds is 4. The molecule has 7 heteroatoms. The number of fused-ring (bicyclic) bond motifs is 1. The van der Waals surface area contributed by atoms with E-state index in [1.807, 2.05) is 23.1 Å². The summed E-state index contributed by atoms with van der Waals surface area (Å²) in [5.41, 5.74) is 9.53. The molecule has 0 radical (unpaired) electrons. The lowest BCUT2D eigenvalue weighted by atomic mass is 10.0. The summed E-state index contributed by atoms with van der Waals surface area (Å²) in [5, 5.41) is 0. The molecule has 1 aliphatic carbocycles. The zero-order valence-electron chi connectivity index (χ0n) is 15.4. The van der Waals surface area contributed by atoms with Crippen LogP contribution in [0.5, 0.6) is 5.75 Å². The van der Waals surface area contributed by atoms with Crippen molar-refractivity contribution >= 4 is 17.3 Å². The molecule has 1 saturated heterocycles. The van der Waals surface area contributed by atoms with Crippen LogP contribution in [0, 0.1) is 0 Å². The highest BCUT2D eigenvalue weighted by Gasteiger charge is 2.40. The summed E-state index contributed by atoms with van der Waals surface area (Å²) < 4.78 is 6.12. The van der Waals surface area contributed by atoms with Crippen molar-refractivity contribution in [2.45, 2.75) is 44.2 Å². The van der Waals surface area contributed by atoms with E-state index in [2.05, 4.69) is 33.8 Å². The monoisotopic (exact) mass is 365 g/mol. The summed E-state index contributed by atoms with van der Waals surface area (Å²) in [6, 6.07) is 8.02. The van der Waals surface area contributed by atoms with E-state index in [1.54, 1.807) is 6.33 Å². The van der Waals surface area contributed by atoms with E-state index in [0.717, 1.165) is 54.3 Å². The lowest BCUT2D eigenvalue weighted by Gasteiger charge is -2.27. The van der Waals surface area contributed by atoms with Crippen LogP contribution in [0.25, 0.3) is 0 Å². The van der Waals surface area contributed by atoms with Crippen molar-refractivity contribution in [3.63, 3.8) is 0 Å². The molecule has 27 heavy (non-hydrogen) atoms. The number of carbonyl (C=O) groups excluding carboxylic acids is 1. The number of hydrogen-bond donors (Lipinski definition) is 2. The van der Waals surface area contributed by atoms with E-state index in [1.165, 1.54) is 0 Å². The topological polar surface area (TPSA) is 79.4 Å². The Morgan fingerprint density at radius 3 is 2.96 bits per heavy atom. The predicted octanol–water partition coefficient (Wildman–Crippen LogP) is 2.60. The van der Waals surface area contributed by atoms with Gasteiger partial charge in [-0.05, 0) is 44.4 Å². The molecule has 2 aromatic rings. The summed E-state index contributed by atoms with van der Waals surface area (Å²) in [4.78, 5) is 22.7. The third-order valence-corrected chi connectivity index (χ3v) is 5.55. The average molecular weight is 365 g/mol. The quantitative estimate of drug-likeness (QED) is 0.862. The van der Waals surface area contributed by atoms with Crippen LogP contribution in [-0.4, -0.2) is 34.4 Å². The molecule has 0 amide bonds. The maximum absolute atomic E-state index is 11.8. The molecule has 2 aliphatic heterocycles. The Labute approximate surface area is 158 Å². The highest BCUT2D eigenvalue weighted by molar-refractivity contribution is 5.84. The standard InChI is InChI=1S/C20H23N5O2/c1-20(6-7-20)27-14-4-5-16-15(9-14)19(24-23-16)17-10-18(22-12-21-17)25-8-2-3-13(26)11-25/h4-5,9-10,12,19,23-24H,2-3,6-8,11H2,1H3. The van der Waals surface area contributed by atoms with Gasteiger partial charge in [0, 0.05) is 24.6 Å². The van der Waals surface area contributed by atoms with Gasteiger partial charge in [0.2, 0.25) is 0 Å². The second-order valence-corrected chi connectivity index (χ2v) is 7.87. The van der Waals surface area contributed by atoms with Crippen molar-refractivity contribution in [2.24, 2.45) is 0 Å². The van der Waals surface area contributed by atoms with Gasteiger partial charge in [-0.15, -0.1) is 0 Å². The summed E-state index contributed by atoms with van der Waals surface area (Å²) in [7, 11) is 0. The molecule has 7 nitrogen and oxygen atoms in total. The van der Waals surface area contributed by atoms with E-state index < -0.39 is 0 Å². The van der Waals surface area contributed by atoms with Gasteiger partial charge in [0.05, 0.1) is 24.0 Å². The van der Waals surface area contributed by atoms with Gasteiger partial charge in [0.1, 0.15) is 23.5 Å². The Morgan fingerprint density at radius 2 is 2.15 bits per heavy atom. The van der Waals surface area contributed by atoms with E-state index >= 15 is 0 Å². The predicted molar refractivity (Wildman–Crippen MR) is 102 cm³/mol. The molecule has 1 saturated carbocycles. The van der Waals surface area contributed by atoms with Crippen LogP contribution in [0.2, 0.25) is 0 Å². The second kappa shape index (κ2) is 6.20. The molecule has 0 spiro atoms. The number of ether oxygens (including phenoxy) is 1. The highest BCUT2D eigenvalue weighted by Crippen LogP contribution is 2.42. The first-order chi connectivity index (χ1) is 13.1. The van der Waals surface area contributed by atoms with E-state index in [4.69, 9.17) is 4.74 Å². The van der Waals surface area contributed by atoms with Crippen LogP contribution in [0.3, 0.4) is 0 Å². The van der Waals surface area contributed by atoms with E-state index in [-0.39, 0.29) is 17.4 Å². The number of ketones is 1. The number of hydrogen-bond acceptors (Lipinski definition) is 7. The fourth-order valence-electron chi connectivity index (χ4n) is 3.71. The molecule has 140 valence electrons. The van der Waals surface area contributed by atoms with Gasteiger partial charge in [0.15, 0.2) is 5.78 Å². The third-order valence-electron chi connectivity index (χ3n) is 5.55. The van der Waals surface area contributed by atoms with Crippen molar-refractivity contribution < 1.29 is 9.53 Å². The normalized spacial score (nSPS) is 22.9. The SMILES string of the molecule is CC1(Oc2ccc3c(c2)C(c2cc(N4CCCC(=O)C4)ncn2)NN3)CC1. The Balaban J connectivity index is 1.42. The van der Waals surface area contributed by atoms with E-state index in [0.29, 0.717) is 13.0 Å². The minimum Gasteiger partial charge on any atom is -0.488 e. The maximum Gasteiger partial charge on any atom is 0.152 e. The van der Waals surface area contributed by atoms with Gasteiger partial charge in [-0.25, -0.2) is 15.4 Å². The first kappa shape index (κ1) is 16.5. The molecule has 1 atom stereocenters. The lowest BCUT2D eigenvalue weighted by molar-refractivity contribution is -0.118. The number of anilines is 2. The molecule has 1 aromatic heterocycles. The van der Waals surface area contributed by atoms with Crippen LogP contribution >= 0.6 is 0 Å². The number of Topliss-reactive ketones (excluding diaryl/α,β-unsaturated/α-hetero) is 1. The van der Waals surface area contributed by atoms with Crippen molar-refractivity contribution in [3.05, 3.63) is 41.9 Å². The zero-order chi connectivity index (χ0) is 18.4. The van der Waals surface area contributed by atoms with Crippen LogP contribution in [0.15, 0.2) is 30.6 Å². The van der Waals surface area contributed by atoms with Crippen molar-refractivity contribution in [1.82, 2.24) is 15.4 Å². The molecular formula is C20H23N5O2. The molecule has 1 aromatic carbocycles. The van der Waals surface area contributed by atoms with Crippen molar-refractivity contribution in [3.8, 4) is 5.75 Å². The summed E-state index contributed by atoms with van der Waals surface area (Å²) in [6.45, 7) is 3.43. The molecular weight excluding hydrogens is 342 g/mol. The Hall–Kier alpha value is -2.67. The summed E-state index contributed by atoms with van der Waals surface area (Å²) >= 11 is 0. The fraction of sp³-hybridized carbons (Fsp3) is 0.450. The largest absolute Gasteiger partial charge is 0.488 e. The molecule has 3 heterocycles. The van der Waals surface area contributed by atoms with Crippen LogP contribution in [0.4, 0.5) is 11.5 Å². The lowest BCUT2D eigenvalue weighted by Crippen LogP contribution is -2.36. The number of aromatic nitrogens is 2. The number of nitrogens with one attached hydrogen (secondary N) is 2. The summed E-state index contributed by atoms with van der Waals surface area (Å²) in [5.74, 6) is 1.96. The van der Waals surface area contributed by atoms with Gasteiger partial charge in [-0.2, -0.15) is 0 Å². The van der Waals surface area contributed by atoms with Crippen LogP contribution < -0.4 is 20.5 Å².